The number of para-hydroxylation sites is 1. The minimum absolute atomic E-state index is 0.0397. The molecule has 2 rings (SSSR count). The van der Waals surface area contributed by atoms with E-state index in [-0.39, 0.29) is 18.6 Å². The Labute approximate surface area is 114 Å². The van der Waals surface area contributed by atoms with Crippen molar-refractivity contribution in [1.82, 2.24) is 4.90 Å². The van der Waals surface area contributed by atoms with Gasteiger partial charge in [-0.15, -0.1) is 0 Å². The fraction of sp³-hybridized carbons (Fsp3) is 0.533. The zero-order chi connectivity index (χ0) is 13.7. The lowest BCUT2D eigenvalue weighted by Crippen LogP contribution is -2.34. The van der Waals surface area contributed by atoms with Crippen molar-refractivity contribution in [3.8, 4) is 0 Å². The monoisotopic (exact) mass is 262 g/mol. The first-order valence-corrected chi connectivity index (χ1v) is 6.91. The molecule has 0 aromatic heterocycles. The maximum absolute atomic E-state index is 11.9. The van der Waals surface area contributed by atoms with Gasteiger partial charge in [-0.05, 0) is 37.9 Å². The highest BCUT2D eigenvalue weighted by molar-refractivity contribution is 5.91. The number of aliphatic hydroxyl groups excluding tert-OH is 1. The van der Waals surface area contributed by atoms with Crippen LogP contribution in [0.4, 0.5) is 5.69 Å². The van der Waals surface area contributed by atoms with E-state index in [1.807, 2.05) is 31.2 Å². The number of aryl methyl sites for hydroxylation is 1. The molecule has 1 heterocycles. The van der Waals surface area contributed by atoms with Crippen molar-refractivity contribution >= 4 is 11.6 Å². The van der Waals surface area contributed by atoms with Crippen LogP contribution >= 0.6 is 0 Å². The molecule has 0 spiro atoms. The molecule has 1 aliphatic heterocycles. The summed E-state index contributed by atoms with van der Waals surface area (Å²) in [6, 6.07) is 8.02. The molecule has 1 atom stereocenters. The van der Waals surface area contributed by atoms with Gasteiger partial charge in [-0.3, -0.25) is 9.69 Å². The molecule has 1 aromatic carbocycles. The summed E-state index contributed by atoms with van der Waals surface area (Å²) in [5.41, 5.74) is 1.96. The fourth-order valence-electron chi connectivity index (χ4n) is 2.57. The van der Waals surface area contributed by atoms with Crippen LogP contribution in [0.15, 0.2) is 24.3 Å². The Morgan fingerprint density at radius 3 is 3.00 bits per heavy atom. The number of rotatable bonds is 5. The lowest BCUT2D eigenvalue weighted by atomic mass is 10.2. The molecule has 0 unspecified atom stereocenters. The molecule has 1 aromatic rings. The van der Waals surface area contributed by atoms with Crippen LogP contribution in [0.25, 0.3) is 0 Å². The van der Waals surface area contributed by atoms with Crippen LogP contribution in [-0.4, -0.2) is 41.7 Å². The highest BCUT2D eigenvalue weighted by Crippen LogP contribution is 2.17. The van der Waals surface area contributed by atoms with Gasteiger partial charge in [-0.2, -0.15) is 0 Å². The van der Waals surface area contributed by atoms with Crippen molar-refractivity contribution in [2.24, 2.45) is 0 Å². The molecule has 0 aliphatic carbocycles. The summed E-state index contributed by atoms with van der Waals surface area (Å²) < 4.78 is 0. The SMILES string of the molecule is Cc1ccccc1NC(=O)CCN1CCC[C@@H]1CO. The Morgan fingerprint density at radius 1 is 1.47 bits per heavy atom. The number of carbonyl (C=O) groups excluding carboxylic acids is 1. The number of anilines is 1. The normalized spacial score (nSPS) is 19.6. The molecular formula is C15H22N2O2. The van der Waals surface area contributed by atoms with Gasteiger partial charge in [0, 0.05) is 24.7 Å². The van der Waals surface area contributed by atoms with Gasteiger partial charge in [-0.25, -0.2) is 0 Å². The number of hydrogen-bond acceptors (Lipinski definition) is 3. The summed E-state index contributed by atoms with van der Waals surface area (Å²) in [5, 5.41) is 12.2. The lowest BCUT2D eigenvalue weighted by molar-refractivity contribution is -0.116. The van der Waals surface area contributed by atoms with Gasteiger partial charge < -0.3 is 10.4 Å². The van der Waals surface area contributed by atoms with Gasteiger partial charge in [0.1, 0.15) is 0 Å². The van der Waals surface area contributed by atoms with Crippen molar-refractivity contribution in [1.29, 1.82) is 0 Å². The second kappa shape index (κ2) is 6.68. The Bertz CT molecular complexity index is 434. The average Bonchev–Trinajstić information content (AvgIpc) is 2.86. The van der Waals surface area contributed by atoms with E-state index >= 15 is 0 Å². The average molecular weight is 262 g/mol. The highest BCUT2D eigenvalue weighted by Gasteiger charge is 2.23. The van der Waals surface area contributed by atoms with Gasteiger partial charge in [0.2, 0.25) is 5.91 Å². The maximum atomic E-state index is 11.9. The quantitative estimate of drug-likeness (QED) is 0.850. The van der Waals surface area contributed by atoms with E-state index in [4.69, 9.17) is 0 Å². The van der Waals surface area contributed by atoms with Crippen LogP contribution < -0.4 is 5.32 Å². The summed E-state index contributed by atoms with van der Waals surface area (Å²) in [7, 11) is 0. The van der Waals surface area contributed by atoms with Crippen molar-refractivity contribution in [2.75, 3.05) is 25.0 Å². The molecule has 1 amide bonds. The van der Waals surface area contributed by atoms with Crippen LogP contribution in [0.3, 0.4) is 0 Å². The van der Waals surface area contributed by atoms with E-state index in [0.29, 0.717) is 6.42 Å². The number of carbonyl (C=O) groups is 1. The predicted molar refractivity (Wildman–Crippen MR) is 76.1 cm³/mol. The Kier molecular flexibility index (Phi) is 4.93. The molecule has 1 fully saturated rings. The summed E-state index contributed by atoms with van der Waals surface area (Å²) in [4.78, 5) is 14.1. The minimum atomic E-state index is 0.0397. The van der Waals surface area contributed by atoms with E-state index in [9.17, 15) is 9.90 Å². The summed E-state index contributed by atoms with van der Waals surface area (Å²) in [6.45, 7) is 3.89. The van der Waals surface area contributed by atoms with Gasteiger partial charge in [0.05, 0.1) is 6.61 Å². The van der Waals surface area contributed by atoms with Crippen LogP contribution in [0.1, 0.15) is 24.8 Å². The molecule has 1 aliphatic rings. The first-order valence-electron chi connectivity index (χ1n) is 6.91. The Balaban J connectivity index is 1.80. The summed E-state index contributed by atoms with van der Waals surface area (Å²) in [6.07, 6.45) is 2.63. The standard InChI is InChI=1S/C15H22N2O2/c1-12-5-2-3-7-14(12)16-15(19)8-10-17-9-4-6-13(17)11-18/h2-3,5,7,13,18H,4,6,8-11H2,1H3,(H,16,19)/t13-/m1/s1. The van der Waals surface area contributed by atoms with E-state index < -0.39 is 0 Å². The van der Waals surface area contributed by atoms with E-state index in [1.165, 1.54) is 0 Å². The maximum Gasteiger partial charge on any atom is 0.225 e. The fourth-order valence-corrected chi connectivity index (χ4v) is 2.57. The molecule has 2 N–H and O–H groups in total. The van der Waals surface area contributed by atoms with Gasteiger partial charge in [-0.1, -0.05) is 18.2 Å². The van der Waals surface area contributed by atoms with Crippen LogP contribution in [0, 0.1) is 6.92 Å². The molecule has 19 heavy (non-hydrogen) atoms. The molecule has 1 saturated heterocycles. The number of amides is 1. The van der Waals surface area contributed by atoms with Gasteiger partial charge >= 0.3 is 0 Å². The third-order valence-corrected chi connectivity index (χ3v) is 3.76. The van der Waals surface area contributed by atoms with Gasteiger partial charge in [0.15, 0.2) is 0 Å². The van der Waals surface area contributed by atoms with Crippen LogP contribution in [-0.2, 0) is 4.79 Å². The van der Waals surface area contributed by atoms with Crippen LogP contribution in [0.2, 0.25) is 0 Å². The van der Waals surface area contributed by atoms with Crippen molar-refractivity contribution in [3.05, 3.63) is 29.8 Å². The van der Waals surface area contributed by atoms with E-state index in [2.05, 4.69) is 10.2 Å². The molecular weight excluding hydrogens is 240 g/mol. The summed E-state index contributed by atoms with van der Waals surface area (Å²) in [5.74, 6) is 0.0397. The number of nitrogens with zero attached hydrogens (tertiary/aromatic N) is 1. The third-order valence-electron chi connectivity index (χ3n) is 3.76. The Hall–Kier alpha value is -1.39. The zero-order valence-corrected chi connectivity index (χ0v) is 11.4. The van der Waals surface area contributed by atoms with Crippen LogP contribution in [0.5, 0.6) is 0 Å². The number of likely N-dealkylation sites (tertiary alicyclic amines) is 1. The molecule has 0 saturated carbocycles. The third kappa shape index (κ3) is 3.78. The smallest absolute Gasteiger partial charge is 0.225 e. The Morgan fingerprint density at radius 2 is 2.26 bits per heavy atom. The van der Waals surface area contributed by atoms with Gasteiger partial charge in [0.25, 0.3) is 0 Å². The molecule has 0 bridgehead atoms. The first kappa shape index (κ1) is 14.0. The van der Waals surface area contributed by atoms with E-state index in [0.717, 1.165) is 37.2 Å². The largest absolute Gasteiger partial charge is 0.395 e. The molecule has 104 valence electrons. The predicted octanol–water partition coefficient (Wildman–Crippen LogP) is 1.78. The zero-order valence-electron chi connectivity index (χ0n) is 11.4. The van der Waals surface area contributed by atoms with Crippen molar-refractivity contribution < 1.29 is 9.90 Å². The molecule has 4 nitrogen and oxygen atoms in total. The topological polar surface area (TPSA) is 52.6 Å². The molecule has 0 radical (unpaired) electrons. The minimum Gasteiger partial charge on any atom is -0.395 e. The lowest BCUT2D eigenvalue weighted by Gasteiger charge is -2.22. The molecule has 4 heteroatoms. The van der Waals surface area contributed by atoms with Crippen molar-refractivity contribution in [2.45, 2.75) is 32.2 Å². The first-order chi connectivity index (χ1) is 9.20. The van der Waals surface area contributed by atoms with E-state index in [1.54, 1.807) is 0 Å². The second-order valence-electron chi connectivity index (χ2n) is 5.13. The van der Waals surface area contributed by atoms with Crippen molar-refractivity contribution in [3.63, 3.8) is 0 Å². The number of hydrogen-bond donors (Lipinski definition) is 2. The second-order valence-corrected chi connectivity index (χ2v) is 5.13. The number of aliphatic hydroxyl groups is 1. The summed E-state index contributed by atoms with van der Waals surface area (Å²) >= 11 is 0. The highest BCUT2D eigenvalue weighted by atomic mass is 16.3. The number of nitrogens with one attached hydrogen (secondary N) is 1. The number of benzene rings is 1.